The zero-order valence-electron chi connectivity index (χ0n) is 15.9. The Morgan fingerprint density at radius 2 is 2.00 bits per heavy atom. The Balaban J connectivity index is 1.94. The van der Waals surface area contributed by atoms with Gasteiger partial charge in [-0.1, -0.05) is 50.1 Å². The Bertz CT molecular complexity index is 1190. The van der Waals surface area contributed by atoms with Crippen molar-refractivity contribution in [2.75, 3.05) is 0 Å². The zero-order valence-corrected chi connectivity index (χ0v) is 16.8. The first kappa shape index (κ1) is 17.5. The molecule has 0 unspecified atom stereocenters. The van der Waals surface area contributed by atoms with Crippen molar-refractivity contribution in [3.63, 3.8) is 0 Å². The Labute approximate surface area is 167 Å². The van der Waals surface area contributed by atoms with E-state index in [9.17, 15) is 4.79 Å². The number of fused-ring (bicyclic) bond motifs is 6. The molecule has 0 bridgehead atoms. The van der Waals surface area contributed by atoms with Gasteiger partial charge < -0.3 is 0 Å². The average molecular weight is 391 g/mol. The maximum atomic E-state index is 13.6. The highest BCUT2D eigenvalue weighted by molar-refractivity contribution is 8.02. The number of thioether (sulfide) groups is 1. The lowest BCUT2D eigenvalue weighted by atomic mass is 9.62. The first-order valence-corrected chi connectivity index (χ1v) is 10.6. The summed E-state index contributed by atoms with van der Waals surface area (Å²) in [6.45, 7) is 3.65. The van der Waals surface area contributed by atoms with Gasteiger partial charge in [-0.15, -0.1) is 15.9 Å². The number of benzene rings is 1. The molecule has 5 nitrogen and oxygen atoms in total. The van der Waals surface area contributed by atoms with Crippen molar-refractivity contribution in [2.45, 2.75) is 49.1 Å². The minimum Gasteiger partial charge on any atom is -0.280 e. The fraction of sp³-hybridized carbons (Fsp3) is 0.364. The molecule has 0 N–H and O–H groups in total. The van der Waals surface area contributed by atoms with Gasteiger partial charge in [0.15, 0.2) is 0 Å². The van der Waals surface area contributed by atoms with E-state index < -0.39 is 0 Å². The van der Waals surface area contributed by atoms with Crippen LogP contribution < -0.4 is 5.56 Å². The van der Waals surface area contributed by atoms with E-state index in [-0.39, 0.29) is 11.0 Å². The number of hydrogen-bond donors (Lipinski definition) is 0. The molecule has 3 aromatic rings. The molecular weight excluding hydrogens is 368 g/mol. The molecule has 2 aromatic heterocycles. The lowest BCUT2D eigenvalue weighted by Gasteiger charge is -2.42. The van der Waals surface area contributed by atoms with Crippen LogP contribution in [0.5, 0.6) is 0 Å². The smallest absolute Gasteiger partial charge is 0.259 e. The van der Waals surface area contributed by atoms with Crippen LogP contribution in [0, 0.1) is 0 Å². The average Bonchev–Trinajstić information content (AvgIpc) is 3.14. The van der Waals surface area contributed by atoms with Gasteiger partial charge in [0.05, 0.1) is 5.69 Å². The van der Waals surface area contributed by atoms with Crippen LogP contribution in [0.3, 0.4) is 0 Å². The van der Waals surface area contributed by atoms with Crippen molar-refractivity contribution in [1.29, 1.82) is 0 Å². The maximum Gasteiger partial charge on any atom is 0.259 e. The molecule has 0 saturated heterocycles. The summed E-state index contributed by atoms with van der Waals surface area (Å²) >= 11 is 1.43. The molecule has 0 aliphatic heterocycles. The van der Waals surface area contributed by atoms with Crippen molar-refractivity contribution >= 4 is 17.5 Å². The van der Waals surface area contributed by atoms with Crippen LogP contribution >= 0.6 is 11.8 Å². The zero-order chi connectivity index (χ0) is 19.3. The van der Waals surface area contributed by atoms with Gasteiger partial charge in [-0.25, -0.2) is 0 Å². The van der Waals surface area contributed by atoms with Gasteiger partial charge in [0.2, 0.25) is 10.9 Å². The topological polar surface area (TPSA) is 52.2 Å². The molecule has 0 atom stereocenters. The maximum absolute atomic E-state index is 13.6. The summed E-state index contributed by atoms with van der Waals surface area (Å²) in [5.41, 5.74) is 7.14. The second-order valence-corrected chi connectivity index (χ2v) is 8.66. The van der Waals surface area contributed by atoms with Crippen LogP contribution in [-0.4, -0.2) is 19.2 Å². The van der Waals surface area contributed by atoms with E-state index in [1.54, 1.807) is 17.0 Å². The SMILES string of the molecule is C=C=CSc1nnc2n(C)c(=O)c3c(n12)-c1ccccc1CC31CCCCC1. The van der Waals surface area contributed by atoms with E-state index in [4.69, 9.17) is 0 Å². The minimum atomic E-state index is -0.0918. The summed E-state index contributed by atoms with van der Waals surface area (Å²) in [7, 11) is 1.81. The molecule has 1 spiro atoms. The monoisotopic (exact) mass is 390 g/mol. The van der Waals surface area contributed by atoms with Crippen LogP contribution in [0.25, 0.3) is 17.0 Å². The third-order valence-corrected chi connectivity index (χ3v) is 7.04. The van der Waals surface area contributed by atoms with E-state index in [2.05, 4.69) is 45.1 Å². The Kier molecular flexibility index (Phi) is 4.07. The second-order valence-electron chi connectivity index (χ2n) is 7.82. The predicted octanol–water partition coefficient (Wildman–Crippen LogP) is 4.24. The summed E-state index contributed by atoms with van der Waals surface area (Å²) < 4.78 is 3.72. The van der Waals surface area contributed by atoms with Gasteiger partial charge >= 0.3 is 0 Å². The first-order valence-electron chi connectivity index (χ1n) is 9.74. The number of hydrogen-bond acceptors (Lipinski definition) is 4. The molecule has 5 rings (SSSR count). The van der Waals surface area contributed by atoms with E-state index in [1.807, 2.05) is 6.07 Å². The number of rotatable bonds is 2. The predicted molar refractivity (Wildman–Crippen MR) is 112 cm³/mol. The van der Waals surface area contributed by atoms with E-state index in [0.717, 1.165) is 41.2 Å². The highest BCUT2D eigenvalue weighted by atomic mass is 32.2. The molecule has 1 saturated carbocycles. The van der Waals surface area contributed by atoms with Gasteiger partial charge in [-0.3, -0.25) is 13.8 Å². The fourth-order valence-electron chi connectivity index (χ4n) is 5.06. The van der Waals surface area contributed by atoms with E-state index >= 15 is 0 Å². The van der Waals surface area contributed by atoms with Gasteiger partial charge in [0.1, 0.15) is 0 Å². The highest BCUT2D eigenvalue weighted by Crippen LogP contribution is 2.49. The summed E-state index contributed by atoms with van der Waals surface area (Å²) in [5, 5.41) is 11.2. The van der Waals surface area contributed by atoms with Gasteiger partial charge in [0.25, 0.3) is 5.56 Å². The van der Waals surface area contributed by atoms with Crippen LogP contribution in [0.2, 0.25) is 0 Å². The quantitative estimate of drug-likeness (QED) is 0.485. The van der Waals surface area contributed by atoms with E-state index in [1.165, 1.54) is 36.6 Å². The van der Waals surface area contributed by atoms with Crippen molar-refractivity contribution < 1.29 is 0 Å². The fourth-order valence-corrected chi connectivity index (χ4v) is 5.62. The van der Waals surface area contributed by atoms with Gasteiger partial charge in [-0.05, 0) is 36.6 Å². The molecule has 2 aliphatic rings. The summed E-state index contributed by atoms with van der Waals surface area (Å²) in [5.74, 6) is 0.575. The molecule has 0 radical (unpaired) electrons. The summed E-state index contributed by atoms with van der Waals surface area (Å²) in [4.78, 5) is 13.6. The molecule has 2 aliphatic carbocycles. The third-order valence-electron chi connectivity index (χ3n) is 6.29. The van der Waals surface area contributed by atoms with Gasteiger partial charge in [-0.2, -0.15) is 0 Å². The minimum absolute atomic E-state index is 0.0714. The van der Waals surface area contributed by atoms with Crippen molar-refractivity contribution in [3.8, 4) is 11.3 Å². The second kappa shape index (κ2) is 6.50. The molecule has 1 fully saturated rings. The van der Waals surface area contributed by atoms with Crippen molar-refractivity contribution in [1.82, 2.24) is 19.2 Å². The normalized spacial score (nSPS) is 17.2. The summed E-state index contributed by atoms with van der Waals surface area (Å²) in [6.07, 6.45) is 6.66. The van der Waals surface area contributed by atoms with Crippen molar-refractivity contribution in [3.05, 3.63) is 63.5 Å². The Morgan fingerprint density at radius 1 is 1.21 bits per heavy atom. The molecule has 2 heterocycles. The van der Waals surface area contributed by atoms with Gasteiger partial charge in [0, 0.05) is 29.0 Å². The standard InChI is InChI=1S/C22H22N4OS/c1-3-13-28-21-24-23-20-25(2)19(27)17-18(26(20)21)16-10-6-5-9-15(16)14-22(17)11-7-4-8-12-22/h5-6,9-10,13H,1,4,7-8,11-12,14H2,2H3. The van der Waals surface area contributed by atoms with Crippen LogP contribution in [0.4, 0.5) is 0 Å². The summed E-state index contributed by atoms with van der Waals surface area (Å²) in [6, 6.07) is 8.48. The molecule has 28 heavy (non-hydrogen) atoms. The molecule has 6 heteroatoms. The van der Waals surface area contributed by atoms with Crippen LogP contribution in [0.15, 0.2) is 51.9 Å². The van der Waals surface area contributed by atoms with E-state index in [0.29, 0.717) is 5.78 Å². The molecule has 1 aromatic carbocycles. The van der Waals surface area contributed by atoms with Crippen LogP contribution in [-0.2, 0) is 18.9 Å². The lowest BCUT2D eigenvalue weighted by Crippen LogP contribution is -2.43. The largest absolute Gasteiger partial charge is 0.280 e. The Hall–Kier alpha value is -2.56. The Morgan fingerprint density at radius 3 is 2.79 bits per heavy atom. The number of aromatic nitrogens is 4. The molecular formula is C22H22N4OS. The van der Waals surface area contributed by atoms with Crippen LogP contribution in [0.1, 0.15) is 43.2 Å². The van der Waals surface area contributed by atoms with Crippen molar-refractivity contribution in [2.24, 2.45) is 7.05 Å². The number of nitrogens with zero attached hydrogens (tertiary/aromatic N) is 4. The lowest BCUT2D eigenvalue weighted by molar-refractivity contribution is 0.283. The third kappa shape index (κ3) is 2.38. The molecule has 0 amide bonds. The number of aryl methyl sites for hydroxylation is 1. The molecule has 142 valence electrons. The first-order chi connectivity index (χ1) is 13.7. The highest BCUT2D eigenvalue weighted by Gasteiger charge is 2.43.